The Morgan fingerprint density at radius 1 is 0.822 bits per heavy atom. The highest BCUT2D eigenvalue weighted by Crippen LogP contribution is 2.36. The van der Waals surface area contributed by atoms with Gasteiger partial charge < -0.3 is 19.7 Å². The van der Waals surface area contributed by atoms with Crippen molar-refractivity contribution in [2.45, 2.75) is 37.8 Å². The van der Waals surface area contributed by atoms with Crippen LogP contribution in [0.3, 0.4) is 0 Å². The minimum absolute atomic E-state index is 0.00458. The van der Waals surface area contributed by atoms with Crippen LogP contribution in [0, 0.1) is 6.92 Å². The summed E-state index contributed by atoms with van der Waals surface area (Å²) in [6, 6.07) is 29.0. The number of rotatable bonds is 14. The number of amides is 2. The maximum atomic E-state index is 14.5. The molecular weight excluding hydrogens is 590 g/mol. The van der Waals surface area contributed by atoms with Crippen molar-refractivity contribution in [1.29, 1.82) is 0 Å². The lowest BCUT2D eigenvalue weighted by molar-refractivity contribution is -0.140. The fourth-order valence-corrected chi connectivity index (χ4v) is 6.39. The molecule has 236 valence electrons. The van der Waals surface area contributed by atoms with E-state index in [2.05, 4.69) is 5.32 Å². The first-order chi connectivity index (χ1) is 21.7. The SMILES string of the molecule is CCNC(=O)C(Cc1ccccc1)N(Cc1ccccc1)C(=O)CN(c1cc(OC)ccc1OC)S(=O)(=O)c1ccc(C)cc1. The van der Waals surface area contributed by atoms with Crippen molar-refractivity contribution in [3.63, 3.8) is 0 Å². The fraction of sp³-hybridized carbons (Fsp3) is 0.257. The number of aryl methyl sites for hydroxylation is 1. The Balaban J connectivity index is 1.85. The Morgan fingerprint density at radius 3 is 2.02 bits per heavy atom. The summed E-state index contributed by atoms with van der Waals surface area (Å²) >= 11 is 0. The summed E-state index contributed by atoms with van der Waals surface area (Å²) in [5, 5.41) is 2.87. The topological polar surface area (TPSA) is 105 Å². The van der Waals surface area contributed by atoms with Gasteiger partial charge in [0.25, 0.3) is 10.0 Å². The number of hydrogen-bond donors (Lipinski definition) is 1. The molecule has 0 aliphatic carbocycles. The zero-order valence-corrected chi connectivity index (χ0v) is 26.8. The van der Waals surface area contributed by atoms with E-state index in [0.717, 1.165) is 21.0 Å². The maximum Gasteiger partial charge on any atom is 0.264 e. The van der Waals surface area contributed by atoms with Crippen molar-refractivity contribution in [2.75, 3.05) is 31.6 Å². The zero-order chi connectivity index (χ0) is 32.4. The zero-order valence-electron chi connectivity index (χ0n) is 26.0. The van der Waals surface area contributed by atoms with Gasteiger partial charge in [0.05, 0.1) is 24.8 Å². The molecule has 0 fully saturated rings. The van der Waals surface area contributed by atoms with E-state index in [1.807, 2.05) is 74.5 Å². The van der Waals surface area contributed by atoms with E-state index in [4.69, 9.17) is 9.47 Å². The molecule has 0 saturated carbocycles. The van der Waals surface area contributed by atoms with Gasteiger partial charge in [-0.3, -0.25) is 13.9 Å². The number of methoxy groups -OCH3 is 2. The number of sulfonamides is 1. The second-order valence-electron chi connectivity index (χ2n) is 10.5. The van der Waals surface area contributed by atoms with Crippen LogP contribution in [0.5, 0.6) is 11.5 Å². The first-order valence-corrected chi connectivity index (χ1v) is 16.1. The molecule has 0 aliphatic rings. The third kappa shape index (κ3) is 8.21. The van der Waals surface area contributed by atoms with Crippen LogP contribution < -0.4 is 19.1 Å². The highest BCUT2D eigenvalue weighted by Gasteiger charge is 2.35. The van der Waals surface area contributed by atoms with Crippen LogP contribution in [0.15, 0.2) is 108 Å². The number of nitrogens with zero attached hydrogens (tertiary/aromatic N) is 2. The minimum atomic E-state index is -4.30. The number of ether oxygens (including phenoxy) is 2. The lowest BCUT2D eigenvalue weighted by Gasteiger charge is -2.34. The van der Waals surface area contributed by atoms with Crippen molar-refractivity contribution < 1.29 is 27.5 Å². The van der Waals surface area contributed by atoms with E-state index in [9.17, 15) is 18.0 Å². The number of benzene rings is 4. The molecule has 2 amide bonds. The van der Waals surface area contributed by atoms with Gasteiger partial charge in [0.1, 0.15) is 24.1 Å². The predicted molar refractivity (Wildman–Crippen MR) is 175 cm³/mol. The van der Waals surface area contributed by atoms with E-state index in [1.54, 1.807) is 24.3 Å². The average molecular weight is 630 g/mol. The Morgan fingerprint density at radius 2 is 1.44 bits per heavy atom. The summed E-state index contributed by atoms with van der Waals surface area (Å²) in [4.78, 5) is 29.6. The second kappa shape index (κ2) is 15.3. The van der Waals surface area contributed by atoms with Crippen molar-refractivity contribution in [3.05, 3.63) is 120 Å². The van der Waals surface area contributed by atoms with Crippen LogP contribution in [-0.4, -0.2) is 58.5 Å². The van der Waals surface area contributed by atoms with Gasteiger partial charge in [0.2, 0.25) is 11.8 Å². The number of anilines is 1. The summed E-state index contributed by atoms with van der Waals surface area (Å²) in [6.45, 7) is 3.52. The number of hydrogen-bond acceptors (Lipinski definition) is 6. The Labute approximate surface area is 265 Å². The van der Waals surface area contributed by atoms with Crippen molar-refractivity contribution in [2.24, 2.45) is 0 Å². The van der Waals surface area contributed by atoms with Crippen LogP contribution in [0.2, 0.25) is 0 Å². The Kier molecular flexibility index (Phi) is 11.2. The lowest BCUT2D eigenvalue weighted by atomic mass is 10.0. The fourth-order valence-electron chi connectivity index (χ4n) is 4.97. The standard InChI is InChI=1S/C35H39N3O6S/c1-5-36-35(40)32(22-27-12-8-6-9-13-27)37(24-28-14-10-7-11-15-28)34(39)25-38(31-23-29(43-3)18-21-33(31)44-4)45(41,42)30-19-16-26(2)17-20-30/h6-21,23,32H,5,22,24-25H2,1-4H3,(H,36,40). The van der Waals surface area contributed by atoms with Gasteiger partial charge in [-0.25, -0.2) is 8.42 Å². The number of nitrogens with one attached hydrogen (secondary N) is 1. The van der Waals surface area contributed by atoms with Gasteiger partial charge in [-0.05, 0) is 49.2 Å². The molecule has 0 aliphatic heterocycles. The molecule has 1 atom stereocenters. The summed E-state index contributed by atoms with van der Waals surface area (Å²) in [6.07, 6.45) is 0.235. The van der Waals surface area contributed by atoms with E-state index in [1.165, 1.54) is 37.3 Å². The minimum Gasteiger partial charge on any atom is -0.497 e. The average Bonchev–Trinajstić information content (AvgIpc) is 3.06. The summed E-state index contributed by atoms with van der Waals surface area (Å²) in [5.74, 6) is -0.282. The lowest BCUT2D eigenvalue weighted by Crippen LogP contribution is -2.53. The van der Waals surface area contributed by atoms with Crippen molar-refractivity contribution >= 4 is 27.5 Å². The molecule has 0 heterocycles. The summed E-state index contributed by atoms with van der Waals surface area (Å²) in [7, 11) is -1.40. The van der Waals surface area contributed by atoms with Crippen LogP contribution >= 0.6 is 0 Å². The monoisotopic (exact) mass is 629 g/mol. The Bertz CT molecular complexity index is 1680. The van der Waals surface area contributed by atoms with Crippen LogP contribution in [0.1, 0.15) is 23.6 Å². The quantitative estimate of drug-likeness (QED) is 0.211. The van der Waals surface area contributed by atoms with Gasteiger partial charge in [-0.15, -0.1) is 0 Å². The molecule has 0 saturated heterocycles. The second-order valence-corrected chi connectivity index (χ2v) is 12.3. The first-order valence-electron chi connectivity index (χ1n) is 14.6. The van der Waals surface area contributed by atoms with E-state index >= 15 is 0 Å². The molecule has 1 unspecified atom stereocenters. The van der Waals surface area contributed by atoms with Gasteiger partial charge in [-0.1, -0.05) is 78.4 Å². The normalized spacial score (nSPS) is 11.7. The molecule has 4 aromatic rings. The number of carbonyl (C=O) groups is 2. The molecule has 10 heteroatoms. The van der Waals surface area contributed by atoms with Gasteiger partial charge in [-0.2, -0.15) is 0 Å². The molecule has 0 bridgehead atoms. The highest BCUT2D eigenvalue weighted by molar-refractivity contribution is 7.92. The molecule has 0 spiro atoms. The first kappa shape index (κ1) is 33.1. The molecule has 4 rings (SSSR count). The van der Waals surface area contributed by atoms with Crippen molar-refractivity contribution in [1.82, 2.24) is 10.2 Å². The summed E-state index contributed by atoms with van der Waals surface area (Å²) in [5.41, 5.74) is 2.66. The molecule has 45 heavy (non-hydrogen) atoms. The van der Waals surface area contributed by atoms with Gasteiger partial charge in [0.15, 0.2) is 0 Å². The van der Waals surface area contributed by atoms with Crippen LogP contribution in [0.4, 0.5) is 5.69 Å². The number of likely N-dealkylation sites (N-methyl/N-ethyl adjacent to an activating group) is 1. The Hall–Kier alpha value is -4.83. The molecule has 9 nitrogen and oxygen atoms in total. The van der Waals surface area contributed by atoms with Crippen molar-refractivity contribution in [3.8, 4) is 11.5 Å². The maximum absolute atomic E-state index is 14.5. The number of carbonyl (C=O) groups excluding carboxylic acids is 2. The molecular formula is C35H39N3O6S. The molecule has 0 radical (unpaired) electrons. The largest absolute Gasteiger partial charge is 0.497 e. The molecule has 4 aromatic carbocycles. The smallest absolute Gasteiger partial charge is 0.264 e. The molecule has 0 aromatic heterocycles. The predicted octanol–water partition coefficient (Wildman–Crippen LogP) is 4.98. The summed E-state index contributed by atoms with van der Waals surface area (Å²) < 4.78 is 40.6. The third-order valence-corrected chi connectivity index (χ3v) is 9.13. The van der Waals surface area contributed by atoms with E-state index in [0.29, 0.717) is 12.3 Å². The van der Waals surface area contributed by atoms with Gasteiger partial charge in [0, 0.05) is 25.6 Å². The van der Waals surface area contributed by atoms with Crippen LogP contribution in [-0.2, 0) is 32.6 Å². The third-order valence-electron chi connectivity index (χ3n) is 7.36. The van der Waals surface area contributed by atoms with Crippen LogP contribution in [0.25, 0.3) is 0 Å². The molecule has 1 N–H and O–H groups in total. The van der Waals surface area contributed by atoms with Gasteiger partial charge >= 0.3 is 0 Å². The van der Waals surface area contributed by atoms with E-state index < -0.39 is 28.5 Å². The van der Waals surface area contributed by atoms with E-state index in [-0.39, 0.29) is 35.2 Å². The highest BCUT2D eigenvalue weighted by atomic mass is 32.2.